The van der Waals surface area contributed by atoms with Crippen molar-refractivity contribution in [1.29, 1.82) is 0 Å². The molecule has 1 aromatic heterocycles. The van der Waals surface area contributed by atoms with Gasteiger partial charge in [0.05, 0.1) is 6.20 Å². The highest BCUT2D eigenvalue weighted by Crippen LogP contribution is 2.28. The molecule has 1 N–H and O–H groups in total. The number of rotatable bonds is 3. The largest absolute Gasteiger partial charge is 0.456 e. The summed E-state index contributed by atoms with van der Waals surface area (Å²) in [5.41, 5.74) is 2.82. The fourth-order valence-electron chi connectivity index (χ4n) is 1.87. The standard InChI is InChI=1S/C16H20N2O2S/c1-10-7-6-8-11(2)13(10)18-15-17-9-12(21-15)14(19)20-16(3,4)5/h6-9H,1-5H3,(H,17,18). The maximum Gasteiger partial charge on any atom is 0.350 e. The molecule has 0 saturated carbocycles. The van der Waals surface area contributed by atoms with Gasteiger partial charge >= 0.3 is 5.97 Å². The number of hydrogen-bond acceptors (Lipinski definition) is 5. The Hall–Kier alpha value is -1.88. The SMILES string of the molecule is Cc1cccc(C)c1Nc1ncc(C(=O)OC(C)(C)C)s1. The van der Waals surface area contributed by atoms with Crippen molar-refractivity contribution in [2.24, 2.45) is 0 Å². The summed E-state index contributed by atoms with van der Waals surface area (Å²) in [6.45, 7) is 9.63. The third-order valence-electron chi connectivity index (χ3n) is 2.82. The number of nitrogens with one attached hydrogen (secondary N) is 1. The molecule has 0 amide bonds. The minimum atomic E-state index is -0.499. The normalized spacial score (nSPS) is 11.3. The van der Waals surface area contributed by atoms with Crippen molar-refractivity contribution in [2.75, 3.05) is 5.32 Å². The van der Waals surface area contributed by atoms with Crippen LogP contribution in [0, 0.1) is 13.8 Å². The number of para-hydroxylation sites is 1. The highest BCUT2D eigenvalue weighted by molar-refractivity contribution is 7.17. The van der Waals surface area contributed by atoms with E-state index in [4.69, 9.17) is 4.74 Å². The summed E-state index contributed by atoms with van der Waals surface area (Å²) in [5, 5.41) is 3.97. The molecule has 21 heavy (non-hydrogen) atoms. The van der Waals surface area contributed by atoms with E-state index in [1.807, 2.05) is 52.8 Å². The van der Waals surface area contributed by atoms with Crippen molar-refractivity contribution >= 4 is 28.1 Å². The number of hydrogen-bond donors (Lipinski definition) is 1. The molecule has 0 spiro atoms. The lowest BCUT2D eigenvalue weighted by Crippen LogP contribution is -2.23. The Morgan fingerprint density at radius 3 is 2.43 bits per heavy atom. The van der Waals surface area contributed by atoms with E-state index in [2.05, 4.69) is 10.3 Å². The van der Waals surface area contributed by atoms with Crippen LogP contribution in [0.1, 0.15) is 41.6 Å². The average Bonchev–Trinajstić information content (AvgIpc) is 2.80. The first-order valence-electron chi connectivity index (χ1n) is 6.79. The summed E-state index contributed by atoms with van der Waals surface area (Å²) in [5.74, 6) is -0.338. The summed E-state index contributed by atoms with van der Waals surface area (Å²) in [6, 6.07) is 6.10. The number of aromatic nitrogens is 1. The second-order valence-corrected chi connectivity index (χ2v) is 6.95. The number of thiazole rings is 1. The molecule has 0 radical (unpaired) electrons. The Kier molecular flexibility index (Phi) is 4.32. The Bertz CT molecular complexity index is 636. The number of carbonyl (C=O) groups excluding carboxylic acids is 1. The predicted octanol–water partition coefficient (Wildman–Crippen LogP) is 4.46. The first-order chi connectivity index (χ1) is 9.76. The van der Waals surface area contributed by atoms with Gasteiger partial charge in [-0.25, -0.2) is 9.78 Å². The molecule has 2 rings (SSSR count). The van der Waals surface area contributed by atoms with Crippen molar-refractivity contribution in [3.8, 4) is 0 Å². The number of esters is 1. The Morgan fingerprint density at radius 2 is 1.86 bits per heavy atom. The van der Waals surface area contributed by atoms with Crippen LogP contribution in [-0.4, -0.2) is 16.6 Å². The highest BCUT2D eigenvalue weighted by Gasteiger charge is 2.20. The molecule has 112 valence electrons. The average molecular weight is 304 g/mol. The lowest BCUT2D eigenvalue weighted by atomic mass is 10.1. The van der Waals surface area contributed by atoms with Crippen LogP contribution in [-0.2, 0) is 4.74 Å². The Labute approximate surface area is 129 Å². The lowest BCUT2D eigenvalue weighted by molar-refractivity contribution is 0.00750. The molecule has 1 aromatic carbocycles. The van der Waals surface area contributed by atoms with Crippen molar-refractivity contribution in [3.05, 3.63) is 40.4 Å². The van der Waals surface area contributed by atoms with Crippen LogP contribution in [0.15, 0.2) is 24.4 Å². The molecule has 1 heterocycles. The minimum Gasteiger partial charge on any atom is -0.456 e. The van der Waals surface area contributed by atoms with E-state index >= 15 is 0 Å². The topological polar surface area (TPSA) is 51.2 Å². The second kappa shape index (κ2) is 5.85. The van der Waals surface area contributed by atoms with Crippen LogP contribution >= 0.6 is 11.3 Å². The van der Waals surface area contributed by atoms with Gasteiger partial charge in [-0.3, -0.25) is 0 Å². The van der Waals surface area contributed by atoms with E-state index in [1.165, 1.54) is 11.3 Å². The molecule has 0 bridgehead atoms. The predicted molar refractivity (Wildman–Crippen MR) is 86.5 cm³/mol. The molecule has 5 heteroatoms. The van der Waals surface area contributed by atoms with Gasteiger partial charge in [0, 0.05) is 5.69 Å². The number of nitrogens with zero attached hydrogens (tertiary/aromatic N) is 1. The second-order valence-electron chi connectivity index (χ2n) is 5.92. The Balaban J connectivity index is 2.16. The van der Waals surface area contributed by atoms with E-state index < -0.39 is 5.60 Å². The molecule has 0 aliphatic heterocycles. The van der Waals surface area contributed by atoms with Gasteiger partial charge in [-0.15, -0.1) is 0 Å². The van der Waals surface area contributed by atoms with E-state index in [0.29, 0.717) is 10.0 Å². The van der Waals surface area contributed by atoms with Gasteiger partial charge in [0.25, 0.3) is 0 Å². The summed E-state index contributed by atoms with van der Waals surface area (Å²) in [4.78, 5) is 16.7. The van der Waals surface area contributed by atoms with Crippen LogP contribution in [0.25, 0.3) is 0 Å². The molecule has 0 fully saturated rings. The van der Waals surface area contributed by atoms with E-state index in [9.17, 15) is 4.79 Å². The molecular formula is C16H20N2O2S. The van der Waals surface area contributed by atoms with Gasteiger partial charge in [0.15, 0.2) is 5.13 Å². The van der Waals surface area contributed by atoms with Gasteiger partial charge in [0.1, 0.15) is 10.5 Å². The quantitative estimate of drug-likeness (QED) is 0.851. The first kappa shape index (κ1) is 15.5. The highest BCUT2D eigenvalue weighted by atomic mass is 32.1. The Morgan fingerprint density at radius 1 is 1.24 bits per heavy atom. The monoisotopic (exact) mass is 304 g/mol. The number of ether oxygens (including phenoxy) is 1. The fraction of sp³-hybridized carbons (Fsp3) is 0.375. The molecule has 2 aromatic rings. The van der Waals surface area contributed by atoms with E-state index in [-0.39, 0.29) is 5.97 Å². The zero-order valence-corrected chi connectivity index (χ0v) is 13.8. The minimum absolute atomic E-state index is 0.338. The molecule has 0 atom stereocenters. The molecule has 0 aliphatic carbocycles. The van der Waals surface area contributed by atoms with Gasteiger partial charge in [-0.05, 0) is 45.7 Å². The molecule has 4 nitrogen and oxygen atoms in total. The summed E-state index contributed by atoms with van der Waals surface area (Å²) in [6.07, 6.45) is 1.55. The lowest BCUT2D eigenvalue weighted by Gasteiger charge is -2.18. The van der Waals surface area contributed by atoms with Crippen molar-refractivity contribution in [2.45, 2.75) is 40.2 Å². The summed E-state index contributed by atoms with van der Waals surface area (Å²) >= 11 is 1.30. The van der Waals surface area contributed by atoms with Crippen LogP contribution in [0.2, 0.25) is 0 Å². The first-order valence-corrected chi connectivity index (χ1v) is 7.60. The summed E-state index contributed by atoms with van der Waals surface area (Å²) in [7, 11) is 0. The van der Waals surface area contributed by atoms with Crippen LogP contribution < -0.4 is 5.32 Å². The smallest absolute Gasteiger partial charge is 0.350 e. The zero-order valence-electron chi connectivity index (χ0n) is 13.0. The zero-order chi connectivity index (χ0) is 15.6. The van der Waals surface area contributed by atoms with Crippen LogP contribution in [0.4, 0.5) is 10.8 Å². The third kappa shape index (κ3) is 4.04. The number of benzene rings is 1. The molecule has 0 unspecified atom stereocenters. The maximum atomic E-state index is 12.0. The molecular weight excluding hydrogens is 284 g/mol. The van der Waals surface area contributed by atoms with Crippen molar-refractivity contribution < 1.29 is 9.53 Å². The maximum absolute atomic E-state index is 12.0. The van der Waals surface area contributed by atoms with Crippen LogP contribution in [0.5, 0.6) is 0 Å². The van der Waals surface area contributed by atoms with Gasteiger partial charge in [-0.2, -0.15) is 0 Å². The number of carbonyl (C=O) groups is 1. The van der Waals surface area contributed by atoms with E-state index in [1.54, 1.807) is 6.20 Å². The number of anilines is 2. The van der Waals surface area contributed by atoms with Crippen LogP contribution in [0.3, 0.4) is 0 Å². The molecule has 0 aliphatic rings. The van der Waals surface area contributed by atoms with Gasteiger partial charge in [0.2, 0.25) is 0 Å². The van der Waals surface area contributed by atoms with Crippen molar-refractivity contribution in [1.82, 2.24) is 4.98 Å². The summed E-state index contributed by atoms with van der Waals surface area (Å²) < 4.78 is 5.34. The third-order valence-corrected chi connectivity index (χ3v) is 3.71. The van der Waals surface area contributed by atoms with Gasteiger partial charge in [-0.1, -0.05) is 29.5 Å². The number of aryl methyl sites for hydroxylation is 2. The molecule has 0 saturated heterocycles. The van der Waals surface area contributed by atoms with Crippen molar-refractivity contribution in [3.63, 3.8) is 0 Å². The fourth-order valence-corrected chi connectivity index (χ4v) is 2.57. The van der Waals surface area contributed by atoms with E-state index in [0.717, 1.165) is 16.8 Å². The van der Waals surface area contributed by atoms with Gasteiger partial charge < -0.3 is 10.1 Å².